The quantitative estimate of drug-likeness (QED) is 0.568. The zero-order valence-electron chi connectivity index (χ0n) is 19.9. The van der Waals surface area contributed by atoms with E-state index in [2.05, 4.69) is 78.6 Å². The molecule has 0 radical (unpaired) electrons. The lowest BCUT2D eigenvalue weighted by Crippen LogP contribution is -2.56. The standard InChI is InChI=1S/C28H35N3O2/c1-31(2)26(33-3)27(19-9-5-4-6-10-19)15-17-28(18-16-27)22(25(29)32)14-13-21-20-11-7-8-12-23(20)30-24(21)28/h4-12,22,26,30H,13-18H2,1-3H3,(H2,29,32). The summed E-state index contributed by atoms with van der Waals surface area (Å²) in [6.07, 6.45) is 5.36. The molecule has 5 heteroatoms. The lowest BCUT2D eigenvalue weighted by molar-refractivity contribution is -0.127. The smallest absolute Gasteiger partial charge is 0.221 e. The van der Waals surface area contributed by atoms with Gasteiger partial charge in [-0.15, -0.1) is 0 Å². The fraction of sp³-hybridized carbons (Fsp3) is 0.464. The van der Waals surface area contributed by atoms with Crippen molar-refractivity contribution in [2.24, 2.45) is 11.7 Å². The van der Waals surface area contributed by atoms with Gasteiger partial charge in [-0.25, -0.2) is 0 Å². The first-order valence-corrected chi connectivity index (χ1v) is 12.1. The molecule has 0 aliphatic heterocycles. The molecule has 1 amide bonds. The lowest BCUT2D eigenvalue weighted by Gasteiger charge is -2.54. The number of H-pyrrole nitrogens is 1. The van der Waals surface area contributed by atoms with E-state index >= 15 is 0 Å². The van der Waals surface area contributed by atoms with Crippen molar-refractivity contribution in [3.63, 3.8) is 0 Å². The van der Waals surface area contributed by atoms with Crippen LogP contribution in [-0.4, -0.2) is 43.2 Å². The highest BCUT2D eigenvalue weighted by Gasteiger charge is 2.55. The SMILES string of the molecule is COC(N(C)C)C1(c2ccccc2)CCC2(CC1)c1[nH]c3ccccc3c1CCC2C(N)=O. The number of aromatic amines is 1. The maximum absolute atomic E-state index is 12.8. The molecule has 2 aliphatic carbocycles. The number of nitrogens with two attached hydrogens (primary N) is 1. The Hall–Kier alpha value is -2.63. The van der Waals surface area contributed by atoms with Gasteiger partial charge in [0.05, 0.1) is 0 Å². The summed E-state index contributed by atoms with van der Waals surface area (Å²) in [5.74, 6) is -0.311. The maximum Gasteiger partial charge on any atom is 0.221 e. The van der Waals surface area contributed by atoms with Crippen LogP contribution in [0.25, 0.3) is 10.9 Å². The summed E-state index contributed by atoms with van der Waals surface area (Å²) in [5.41, 5.74) is 10.8. The second-order valence-corrected chi connectivity index (χ2v) is 10.2. The Morgan fingerprint density at radius 1 is 1.06 bits per heavy atom. The minimum atomic E-state index is -0.249. The van der Waals surface area contributed by atoms with Gasteiger partial charge in [-0.05, 0) is 69.8 Å². The highest BCUT2D eigenvalue weighted by Crippen LogP contribution is 2.57. The molecule has 2 aliphatic rings. The summed E-state index contributed by atoms with van der Waals surface area (Å²) >= 11 is 0. The van der Waals surface area contributed by atoms with Gasteiger partial charge in [0.2, 0.25) is 5.91 Å². The van der Waals surface area contributed by atoms with E-state index in [0.29, 0.717) is 0 Å². The monoisotopic (exact) mass is 445 g/mol. The van der Waals surface area contributed by atoms with Gasteiger partial charge in [0, 0.05) is 40.5 Å². The number of primary amides is 1. The number of aromatic nitrogens is 1. The first kappa shape index (κ1) is 22.2. The summed E-state index contributed by atoms with van der Waals surface area (Å²) in [5, 5.41) is 1.29. The molecule has 3 N–H and O–H groups in total. The van der Waals surface area contributed by atoms with Crippen molar-refractivity contribution >= 4 is 16.8 Å². The first-order valence-electron chi connectivity index (χ1n) is 12.1. The van der Waals surface area contributed by atoms with E-state index in [9.17, 15) is 4.79 Å². The number of nitrogens with zero attached hydrogens (tertiary/aromatic N) is 1. The number of carbonyl (C=O) groups is 1. The summed E-state index contributed by atoms with van der Waals surface area (Å²) < 4.78 is 6.10. The third-order valence-corrected chi connectivity index (χ3v) is 8.55. The van der Waals surface area contributed by atoms with Crippen LogP contribution in [0, 0.1) is 5.92 Å². The van der Waals surface area contributed by atoms with Crippen molar-refractivity contribution in [3.05, 3.63) is 71.4 Å². The van der Waals surface area contributed by atoms with Gasteiger partial charge in [-0.3, -0.25) is 9.69 Å². The van der Waals surface area contributed by atoms with E-state index in [-0.39, 0.29) is 28.9 Å². The molecule has 0 bridgehead atoms. The Labute approximate surface area is 196 Å². The van der Waals surface area contributed by atoms with Gasteiger partial charge in [0.15, 0.2) is 0 Å². The molecule has 0 saturated heterocycles. The molecule has 1 spiro atoms. The van der Waals surface area contributed by atoms with Crippen LogP contribution in [0.3, 0.4) is 0 Å². The predicted molar refractivity (Wildman–Crippen MR) is 132 cm³/mol. The van der Waals surface area contributed by atoms with E-state index < -0.39 is 0 Å². The van der Waals surface area contributed by atoms with Crippen LogP contribution in [0.1, 0.15) is 48.9 Å². The molecule has 1 aromatic heterocycles. The van der Waals surface area contributed by atoms with E-state index in [4.69, 9.17) is 10.5 Å². The molecule has 1 heterocycles. The second kappa shape index (κ2) is 8.30. The van der Waals surface area contributed by atoms with Crippen LogP contribution in [0.15, 0.2) is 54.6 Å². The minimum absolute atomic E-state index is 0.0462. The van der Waals surface area contributed by atoms with E-state index in [1.54, 1.807) is 0 Å². The number of aryl methyl sites for hydroxylation is 1. The van der Waals surface area contributed by atoms with Gasteiger partial charge in [0.25, 0.3) is 0 Å². The molecule has 5 nitrogen and oxygen atoms in total. The third-order valence-electron chi connectivity index (χ3n) is 8.55. The summed E-state index contributed by atoms with van der Waals surface area (Å²) in [6, 6.07) is 19.3. The summed E-state index contributed by atoms with van der Waals surface area (Å²) in [4.78, 5) is 18.7. The topological polar surface area (TPSA) is 71.3 Å². The number of rotatable bonds is 5. The van der Waals surface area contributed by atoms with Crippen LogP contribution >= 0.6 is 0 Å². The fourth-order valence-electron chi connectivity index (χ4n) is 7.16. The molecule has 1 fully saturated rings. The van der Waals surface area contributed by atoms with Gasteiger partial charge in [-0.2, -0.15) is 0 Å². The zero-order chi connectivity index (χ0) is 23.2. The Morgan fingerprint density at radius 3 is 2.36 bits per heavy atom. The number of carbonyl (C=O) groups excluding carboxylic acids is 1. The Bertz CT molecular complexity index is 1140. The van der Waals surface area contributed by atoms with Crippen LogP contribution in [0.5, 0.6) is 0 Å². The van der Waals surface area contributed by atoms with Crippen LogP contribution in [0.4, 0.5) is 0 Å². The average Bonchev–Trinajstić information content (AvgIpc) is 3.21. The van der Waals surface area contributed by atoms with Crippen LogP contribution < -0.4 is 5.73 Å². The average molecular weight is 446 g/mol. The lowest BCUT2D eigenvalue weighted by atomic mass is 9.53. The number of amides is 1. The van der Waals surface area contributed by atoms with Crippen molar-refractivity contribution < 1.29 is 9.53 Å². The Balaban J connectivity index is 1.62. The number of nitrogens with one attached hydrogen (secondary N) is 1. The minimum Gasteiger partial charge on any atom is -0.369 e. The van der Waals surface area contributed by atoms with Crippen LogP contribution in [0.2, 0.25) is 0 Å². The summed E-state index contributed by atoms with van der Waals surface area (Å²) in [7, 11) is 5.99. The molecule has 2 atom stereocenters. The third kappa shape index (κ3) is 3.32. The number of hydrogen-bond acceptors (Lipinski definition) is 3. The molecule has 5 rings (SSSR count). The van der Waals surface area contributed by atoms with Crippen molar-refractivity contribution in [2.75, 3.05) is 21.2 Å². The number of methoxy groups -OCH3 is 1. The number of para-hydroxylation sites is 1. The van der Waals surface area contributed by atoms with Gasteiger partial charge < -0.3 is 15.5 Å². The molecular formula is C28H35N3O2. The highest BCUT2D eigenvalue weighted by atomic mass is 16.5. The zero-order valence-corrected chi connectivity index (χ0v) is 19.9. The molecule has 2 aromatic carbocycles. The van der Waals surface area contributed by atoms with E-state index in [1.807, 2.05) is 7.11 Å². The van der Waals surface area contributed by atoms with Gasteiger partial charge >= 0.3 is 0 Å². The van der Waals surface area contributed by atoms with Crippen molar-refractivity contribution in [1.82, 2.24) is 9.88 Å². The number of likely N-dealkylation sites (N-methyl/N-ethyl adjacent to an activating group) is 1. The Kier molecular flexibility index (Phi) is 5.58. The second-order valence-electron chi connectivity index (χ2n) is 10.2. The molecule has 2 unspecified atom stereocenters. The highest BCUT2D eigenvalue weighted by molar-refractivity contribution is 5.87. The van der Waals surface area contributed by atoms with E-state index in [1.165, 1.54) is 22.2 Å². The molecule has 174 valence electrons. The van der Waals surface area contributed by atoms with Gasteiger partial charge in [-0.1, -0.05) is 48.5 Å². The Morgan fingerprint density at radius 2 is 1.73 bits per heavy atom. The van der Waals surface area contributed by atoms with Crippen molar-refractivity contribution in [2.45, 2.75) is 55.6 Å². The molecule has 1 saturated carbocycles. The number of ether oxygens (including phenoxy) is 1. The molecule has 3 aromatic rings. The largest absolute Gasteiger partial charge is 0.369 e. The fourth-order valence-corrected chi connectivity index (χ4v) is 7.16. The van der Waals surface area contributed by atoms with Crippen molar-refractivity contribution in [1.29, 1.82) is 0 Å². The number of benzene rings is 2. The maximum atomic E-state index is 12.8. The van der Waals surface area contributed by atoms with Gasteiger partial charge in [0.1, 0.15) is 6.23 Å². The van der Waals surface area contributed by atoms with Crippen molar-refractivity contribution in [3.8, 4) is 0 Å². The normalized spacial score (nSPS) is 28.2. The number of fused-ring (bicyclic) bond motifs is 4. The van der Waals surface area contributed by atoms with Crippen LogP contribution in [-0.2, 0) is 26.8 Å². The van der Waals surface area contributed by atoms with E-state index in [0.717, 1.165) is 44.0 Å². The summed E-state index contributed by atoms with van der Waals surface area (Å²) in [6.45, 7) is 0. The molecular weight excluding hydrogens is 410 g/mol. The predicted octanol–water partition coefficient (Wildman–Crippen LogP) is 4.50. The number of hydrogen-bond donors (Lipinski definition) is 2. The first-order chi connectivity index (χ1) is 15.9. The molecule has 33 heavy (non-hydrogen) atoms.